The minimum absolute atomic E-state index is 0.0296. The van der Waals surface area contributed by atoms with Crippen molar-refractivity contribution in [1.29, 1.82) is 0 Å². The van der Waals surface area contributed by atoms with Crippen LogP contribution in [0.15, 0.2) is 54.7 Å². The van der Waals surface area contributed by atoms with Gasteiger partial charge < -0.3 is 5.32 Å². The maximum atomic E-state index is 13.8. The highest BCUT2D eigenvalue weighted by atomic mass is 32.5. The normalized spacial score (nSPS) is 21.7. The average molecular weight is 533 g/mol. The number of fused-ring (bicyclic) bond motifs is 1. The van der Waals surface area contributed by atoms with Gasteiger partial charge in [-0.2, -0.15) is 0 Å². The van der Waals surface area contributed by atoms with Gasteiger partial charge >= 0.3 is 0 Å². The fraction of sp³-hybridized carbons (Fsp3) is 0.360. The highest BCUT2D eigenvalue weighted by Crippen LogP contribution is 2.99. The van der Waals surface area contributed by atoms with Crippen molar-refractivity contribution in [2.45, 2.75) is 44.3 Å². The van der Waals surface area contributed by atoms with Gasteiger partial charge in [0.1, 0.15) is 11.6 Å². The van der Waals surface area contributed by atoms with Crippen LogP contribution in [-0.4, -0.2) is 9.97 Å². The number of nitrogens with one attached hydrogen (secondary N) is 1. The second kappa shape index (κ2) is 8.65. The molecule has 1 N–H and O–H groups in total. The summed E-state index contributed by atoms with van der Waals surface area (Å²) >= 11 is 5.54. The minimum atomic E-state index is -9.51. The molecule has 0 radical (unpaired) electrons. The van der Waals surface area contributed by atoms with Crippen molar-refractivity contribution in [3.8, 4) is 0 Å². The van der Waals surface area contributed by atoms with Crippen LogP contribution in [0.5, 0.6) is 0 Å². The van der Waals surface area contributed by atoms with Gasteiger partial charge in [-0.15, -0.1) is 0 Å². The molecule has 0 saturated heterocycles. The van der Waals surface area contributed by atoms with Gasteiger partial charge in [0.05, 0.1) is 10.5 Å². The zero-order valence-electron chi connectivity index (χ0n) is 19.0. The molecule has 0 amide bonds. The molecule has 0 bridgehead atoms. The molecule has 190 valence electrons. The lowest BCUT2D eigenvalue weighted by molar-refractivity contribution is 0.289. The fourth-order valence-electron chi connectivity index (χ4n) is 4.90. The molecule has 0 spiro atoms. The third kappa shape index (κ3) is 6.88. The van der Waals surface area contributed by atoms with E-state index >= 15 is 0 Å². The SMILES string of the molecule is CC(C(=S)Nc1ccc(CS(F)(F)(F)(F)F)cc1)C1CCC(c2ccnc3ccc(F)cc23)CC1. The fourth-order valence-corrected chi connectivity index (χ4v) is 6.03. The number of pyridine rings is 1. The van der Waals surface area contributed by atoms with Gasteiger partial charge in [-0.25, -0.2) is 4.39 Å². The van der Waals surface area contributed by atoms with Crippen molar-refractivity contribution < 1.29 is 23.8 Å². The number of hydrogen-bond acceptors (Lipinski definition) is 2. The summed E-state index contributed by atoms with van der Waals surface area (Å²) in [5, 5.41) is 3.89. The Morgan fingerprint density at radius 3 is 2.29 bits per heavy atom. The maximum Gasteiger partial charge on any atom is 0.289 e. The van der Waals surface area contributed by atoms with E-state index in [-0.39, 0.29) is 11.7 Å². The summed E-state index contributed by atoms with van der Waals surface area (Å²) in [4.78, 5) is 4.89. The van der Waals surface area contributed by atoms with Crippen LogP contribution < -0.4 is 5.32 Å². The zero-order chi connectivity index (χ0) is 25.5. The van der Waals surface area contributed by atoms with E-state index in [0.717, 1.165) is 54.3 Å². The van der Waals surface area contributed by atoms with Gasteiger partial charge in [0.25, 0.3) is 10.2 Å². The minimum Gasteiger partial charge on any atom is -0.350 e. The quantitative estimate of drug-likeness (QED) is 0.253. The zero-order valence-corrected chi connectivity index (χ0v) is 20.6. The summed E-state index contributed by atoms with van der Waals surface area (Å²) in [5.41, 5.74) is 1.85. The van der Waals surface area contributed by atoms with E-state index in [9.17, 15) is 23.8 Å². The maximum absolute atomic E-state index is 13.8. The van der Waals surface area contributed by atoms with Gasteiger partial charge in [0.15, 0.2) is 0 Å². The van der Waals surface area contributed by atoms with Crippen LogP contribution in [0.1, 0.15) is 49.7 Å². The molecule has 2 nitrogen and oxygen atoms in total. The van der Waals surface area contributed by atoms with E-state index in [4.69, 9.17) is 12.2 Å². The number of rotatable bonds is 6. The van der Waals surface area contributed by atoms with Crippen molar-refractivity contribution in [2.24, 2.45) is 11.8 Å². The van der Waals surface area contributed by atoms with E-state index in [1.165, 1.54) is 24.3 Å². The Bertz CT molecular complexity index is 1240. The van der Waals surface area contributed by atoms with Crippen LogP contribution >= 0.6 is 22.4 Å². The van der Waals surface area contributed by atoms with Gasteiger partial charge in [0, 0.05) is 23.2 Å². The second-order valence-electron chi connectivity index (χ2n) is 9.42. The van der Waals surface area contributed by atoms with E-state index in [1.807, 2.05) is 13.0 Å². The van der Waals surface area contributed by atoms with Crippen molar-refractivity contribution in [1.82, 2.24) is 4.98 Å². The van der Waals surface area contributed by atoms with E-state index in [0.29, 0.717) is 22.5 Å². The molecular weight excluding hydrogens is 506 g/mol. The molecule has 1 unspecified atom stereocenters. The number of thiocarbonyl (C=S) groups is 1. The van der Waals surface area contributed by atoms with Crippen LogP contribution in [0.4, 0.5) is 29.5 Å². The molecule has 4 rings (SSSR count). The highest BCUT2D eigenvalue weighted by molar-refractivity contribution is 8.45. The third-order valence-electron chi connectivity index (χ3n) is 6.73. The Morgan fingerprint density at radius 2 is 1.66 bits per heavy atom. The number of aromatic nitrogens is 1. The number of halogens is 6. The summed E-state index contributed by atoms with van der Waals surface area (Å²) in [5.74, 6) is -1.85. The monoisotopic (exact) mass is 532 g/mol. The predicted molar refractivity (Wildman–Crippen MR) is 135 cm³/mol. The molecule has 1 aliphatic carbocycles. The molecule has 1 fully saturated rings. The molecule has 3 aromatic rings. The smallest absolute Gasteiger partial charge is 0.289 e. The number of benzene rings is 2. The van der Waals surface area contributed by atoms with Crippen molar-refractivity contribution in [2.75, 3.05) is 5.32 Å². The molecule has 35 heavy (non-hydrogen) atoms. The van der Waals surface area contributed by atoms with Gasteiger partial charge in [-0.1, -0.05) is 50.7 Å². The average Bonchev–Trinajstić information content (AvgIpc) is 2.77. The standard InChI is InChI=1S/C25H26F6N2S2/c1-16(25(34)33-21-9-2-17(3-10-21)15-35(27,28,29,30)31)18-4-6-19(7-5-18)22-12-13-32-24-11-8-20(26)14-23(22)24/h2-3,8-14,16,18-19H,4-7,15H2,1H3,(H,33,34). The van der Waals surface area contributed by atoms with E-state index < -0.39 is 21.5 Å². The summed E-state index contributed by atoms with van der Waals surface area (Å²) in [6, 6.07) is 11.4. The van der Waals surface area contributed by atoms with E-state index in [2.05, 4.69) is 10.3 Å². The van der Waals surface area contributed by atoms with Crippen LogP contribution in [0.3, 0.4) is 0 Å². The Hall–Kier alpha value is -2.33. The first-order chi connectivity index (χ1) is 16.2. The van der Waals surface area contributed by atoms with Crippen molar-refractivity contribution >= 4 is 44.0 Å². The Kier molecular flexibility index (Phi) is 6.37. The lowest BCUT2D eigenvalue weighted by Crippen LogP contribution is -2.28. The highest BCUT2D eigenvalue weighted by Gasteiger charge is 2.63. The molecular formula is C25H26F6N2S2. The van der Waals surface area contributed by atoms with Crippen molar-refractivity contribution in [3.05, 3.63) is 71.7 Å². The summed E-state index contributed by atoms with van der Waals surface area (Å²) in [6.07, 6.45) is 5.46. The molecule has 1 atom stereocenters. The first kappa shape index (κ1) is 25.8. The molecule has 10 heteroatoms. The number of hydrogen-bond donors (Lipinski definition) is 1. The lowest BCUT2D eigenvalue weighted by atomic mass is 9.73. The first-order valence-corrected chi connectivity index (χ1v) is 13.9. The third-order valence-corrected chi connectivity index (χ3v) is 8.08. The molecule has 1 saturated carbocycles. The molecule has 0 aliphatic heterocycles. The molecule has 2 aromatic carbocycles. The van der Waals surface area contributed by atoms with Gasteiger partial charge in [0.2, 0.25) is 0 Å². The lowest BCUT2D eigenvalue weighted by Gasteiger charge is -2.40. The van der Waals surface area contributed by atoms with Crippen LogP contribution in [0.25, 0.3) is 10.9 Å². The molecule has 1 aliphatic rings. The van der Waals surface area contributed by atoms with Crippen LogP contribution in [-0.2, 0) is 5.75 Å². The summed E-state index contributed by atoms with van der Waals surface area (Å²) < 4.78 is 77.3. The van der Waals surface area contributed by atoms with Crippen LogP contribution in [0.2, 0.25) is 0 Å². The summed E-state index contributed by atoms with van der Waals surface area (Å²) in [7, 11) is -9.51. The number of anilines is 1. The second-order valence-corrected chi connectivity index (χ2v) is 12.4. The van der Waals surface area contributed by atoms with Crippen LogP contribution in [0, 0.1) is 17.7 Å². The Labute approximate surface area is 205 Å². The van der Waals surface area contributed by atoms with Gasteiger partial charge in [-0.3, -0.25) is 4.98 Å². The summed E-state index contributed by atoms with van der Waals surface area (Å²) in [6.45, 7) is 2.01. The Balaban J connectivity index is 1.35. The molecule has 1 heterocycles. The largest absolute Gasteiger partial charge is 0.350 e. The predicted octanol–water partition coefficient (Wildman–Crippen LogP) is 9.52. The van der Waals surface area contributed by atoms with Crippen molar-refractivity contribution in [3.63, 3.8) is 0 Å². The van der Waals surface area contributed by atoms with Gasteiger partial charge in [-0.05, 0) is 85.0 Å². The topological polar surface area (TPSA) is 24.9 Å². The Morgan fingerprint density at radius 1 is 1.00 bits per heavy atom. The number of nitrogens with zero attached hydrogens (tertiary/aromatic N) is 1. The first-order valence-electron chi connectivity index (χ1n) is 11.3. The molecule has 1 aromatic heterocycles. The van der Waals surface area contributed by atoms with E-state index in [1.54, 1.807) is 12.3 Å².